The Hall–Kier alpha value is -0.550. The number of allylic oxidation sites excluding steroid dienone is 1. The lowest BCUT2D eigenvalue weighted by molar-refractivity contribution is 0.337. The van der Waals surface area contributed by atoms with Crippen LogP contribution in [0.1, 0.15) is 34.1 Å². The molecule has 0 aromatic rings. The van der Waals surface area contributed by atoms with Crippen molar-refractivity contribution in [2.45, 2.75) is 34.1 Å². The van der Waals surface area contributed by atoms with Crippen LogP contribution in [-0.2, 0) is 4.79 Å². The van der Waals surface area contributed by atoms with Crippen molar-refractivity contribution >= 4 is 5.94 Å². The summed E-state index contributed by atoms with van der Waals surface area (Å²) in [5.41, 5.74) is 0.312. The quantitative estimate of drug-likeness (QED) is 0.538. The first-order valence-corrected chi connectivity index (χ1v) is 3.67. The fraction of sp³-hybridized carbons (Fsp3) is 0.778. The van der Waals surface area contributed by atoms with Gasteiger partial charge in [0.25, 0.3) is 0 Å². The maximum Gasteiger partial charge on any atom is 0.120 e. The Bertz CT molecular complexity index is 135. The second-order valence-corrected chi connectivity index (χ2v) is 4.03. The first-order valence-electron chi connectivity index (χ1n) is 3.67. The van der Waals surface area contributed by atoms with Crippen molar-refractivity contribution in [2.24, 2.45) is 11.3 Å². The summed E-state index contributed by atoms with van der Waals surface area (Å²) in [6.45, 7) is 8.54. The van der Waals surface area contributed by atoms with Crippen LogP contribution in [0.4, 0.5) is 0 Å². The zero-order valence-corrected chi connectivity index (χ0v) is 7.27. The predicted molar refractivity (Wildman–Crippen MR) is 43.5 cm³/mol. The molecule has 0 aromatic carbocycles. The highest BCUT2D eigenvalue weighted by molar-refractivity contribution is 5.45. The maximum absolute atomic E-state index is 9.92. The lowest BCUT2D eigenvalue weighted by Gasteiger charge is -2.20. The third-order valence-electron chi connectivity index (χ3n) is 1.29. The Morgan fingerprint density at radius 2 is 2.00 bits per heavy atom. The van der Waals surface area contributed by atoms with Crippen molar-refractivity contribution in [1.82, 2.24) is 0 Å². The molecule has 0 aromatic heterocycles. The highest BCUT2D eigenvalue weighted by Crippen LogP contribution is 2.23. The average molecular weight is 140 g/mol. The molecule has 0 N–H and O–H groups in total. The molecule has 0 aliphatic heterocycles. The zero-order chi connectivity index (χ0) is 8.20. The van der Waals surface area contributed by atoms with Gasteiger partial charge in [0.05, 0.1) is 0 Å². The molecule has 0 aliphatic carbocycles. The lowest BCUT2D eigenvalue weighted by Crippen LogP contribution is -2.09. The summed E-state index contributed by atoms with van der Waals surface area (Å²) in [6.07, 6.45) is 2.63. The molecule has 58 valence electrons. The standard InChI is InChI=1S/C9H16O/c1-8(5-6-10)7-9(2,3)4/h5,8H,7H2,1-4H3. The van der Waals surface area contributed by atoms with Crippen LogP contribution in [0.25, 0.3) is 0 Å². The molecular weight excluding hydrogens is 124 g/mol. The van der Waals surface area contributed by atoms with Gasteiger partial charge in [0, 0.05) is 6.08 Å². The summed E-state index contributed by atoms with van der Waals surface area (Å²) in [5.74, 6) is 2.17. The first kappa shape index (κ1) is 9.45. The summed E-state index contributed by atoms with van der Waals surface area (Å²) in [4.78, 5) is 9.92. The monoisotopic (exact) mass is 140 g/mol. The van der Waals surface area contributed by atoms with E-state index in [2.05, 4.69) is 20.8 Å². The average Bonchev–Trinajstić information content (AvgIpc) is 1.59. The van der Waals surface area contributed by atoms with Crippen molar-refractivity contribution in [3.8, 4) is 0 Å². The Kier molecular flexibility index (Phi) is 3.38. The topological polar surface area (TPSA) is 17.1 Å². The van der Waals surface area contributed by atoms with Gasteiger partial charge < -0.3 is 0 Å². The van der Waals surface area contributed by atoms with Gasteiger partial charge in [-0.1, -0.05) is 27.7 Å². The molecule has 0 fully saturated rings. The van der Waals surface area contributed by atoms with Gasteiger partial charge in [0.1, 0.15) is 5.94 Å². The van der Waals surface area contributed by atoms with Crippen LogP contribution in [0.15, 0.2) is 6.08 Å². The normalized spacial score (nSPS) is 14.0. The number of carbonyl (C=O) groups excluding carboxylic acids is 1. The van der Waals surface area contributed by atoms with Crippen molar-refractivity contribution in [3.05, 3.63) is 6.08 Å². The van der Waals surface area contributed by atoms with E-state index in [0.29, 0.717) is 11.3 Å². The van der Waals surface area contributed by atoms with Crippen LogP contribution in [0, 0.1) is 11.3 Å². The maximum atomic E-state index is 9.92. The van der Waals surface area contributed by atoms with E-state index in [0.717, 1.165) is 6.42 Å². The van der Waals surface area contributed by atoms with Crippen LogP contribution in [0.5, 0.6) is 0 Å². The second-order valence-electron chi connectivity index (χ2n) is 4.03. The van der Waals surface area contributed by atoms with Gasteiger partial charge in [-0.2, -0.15) is 0 Å². The first-order chi connectivity index (χ1) is 4.45. The van der Waals surface area contributed by atoms with Gasteiger partial charge in [-0.3, -0.25) is 0 Å². The summed E-state index contributed by atoms with van der Waals surface area (Å²) >= 11 is 0. The van der Waals surface area contributed by atoms with Crippen LogP contribution >= 0.6 is 0 Å². The van der Waals surface area contributed by atoms with E-state index in [1.54, 1.807) is 6.08 Å². The molecule has 1 atom stereocenters. The van der Waals surface area contributed by atoms with Crippen LogP contribution in [-0.4, -0.2) is 5.94 Å². The molecule has 1 unspecified atom stereocenters. The fourth-order valence-electron chi connectivity index (χ4n) is 1.14. The Balaban J connectivity index is 3.79. The number of rotatable bonds is 2. The van der Waals surface area contributed by atoms with Gasteiger partial charge in [0.2, 0.25) is 0 Å². The van der Waals surface area contributed by atoms with E-state index in [9.17, 15) is 4.79 Å². The van der Waals surface area contributed by atoms with Crippen molar-refractivity contribution in [3.63, 3.8) is 0 Å². The van der Waals surface area contributed by atoms with Gasteiger partial charge in [-0.25, -0.2) is 4.79 Å². The molecule has 10 heavy (non-hydrogen) atoms. The van der Waals surface area contributed by atoms with Gasteiger partial charge >= 0.3 is 0 Å². The third kappa shape index (κ3) is 5.58. The minimum atomic E-state index is 0.312. The smallest absolute Gasteiger partial charge is 0.120 e. The largest absolute Gasteiger partial charge is 0.234 e. The second kappa shape index (κ2) is 3.58. The molecule has 0 rings (SSSR count). The molecule has 0 heterocycles. The minimum Gasteiger partial charge on any atom is -0.234 e. The molecule has 0 spiro atoms. The van der Waals surface area contributed by atoms with E-state index in [4.69, 9.17) is 0 Å². The van der Waals surface area contributed by atoms with Crippen molar-refractivity contribution in [1.29, 1.82) is 0 Å². The van der Waals surface area contributed by atoms with E-state index in [1.807, 2.05) is 12.9 Å². The van der Waals surface area contributed by atoms with E-state index in [1.165, 1.54) is 0 Å². The van der Waals surface area contributed by atoms with Crippen molar-refractivity contribution in [2.75, 3.05) is 0 Å². The van der Waals surface area contributed by atoms with Crippen LogP contribution in [0.3, 0.4) is 0 Å². The van der Waals surface area contributed by atoms with Crippen molar-refractivity contribution < 1.29 is 4.79 Å². The van der Waals surface area contributed by atoms with Gasteiger partial charge in [-0.05, 0) is 17.8 Å². The molecule has 0 amide bonds. The number of hydrogen-bond acceptors (Lipinski definition) is 1. The molecule has 0 bridgehead atoms. The molecule has 0 aliphatic rings. The summed E-state index contributed by atoms with van der Waals surface area (Å²) in [6, 6.07) is 0. The highest BCUT2D eigenvalue weighted by atomic mass is 16.1. The van der Waals surface area contributed by atoms with Gasteiger partial charge in [0.15, 0.2) is 0 Å². The molecular formula is C9H16O. The summed E-state index contributed by atoms with van der Waals surface area (Å²) in [5, 5.41) is 0. The van der Waals surface area contributed by atoms with Crippen LogP contribution < -0.4 is 0 Å². The Morgan fingerprint density at radius 3 is 2.30 bits per heavy atom. The van der Waals surface area contributed by atoms with Crippen LogP contribution in [0.2, 0.25) is 0 Å². The summed E-state index contributed by atoms with van der Waals surface area (Å²) in [7, 11) is 0. The minimum absolute atomic E-state index is 0.312. The summed E-state index contributed by atoms with van der Waals surface area (Å²) < 4.78 is 0. The van der Waals surface area contributed by atoms with E-state index < -0.39 is 0 Å². The lowest BCUT2D eigenvalue weighted by atomic mass is 9.86. The predicted octanol–water partition coefficient (Wildman–Crippen LogP) is 2.45. The van der Waals surface area contributed by atoms with E-state index >= 15 is 0 Å². The SMILES string of the molecule is CC(C=C=O)CC(C)(C)C. The molecule has 0 saturated carbocycles. The third-order valence-corrected chi connectivity index (χ3v) is 1.29. The highest BCUT2D eigenvalue weighted by Gasteiger charge is 2.12. The molecule has 0 saturated heterocycles. The zero-order valence-electron chi connectivity index (χ0n) is 7.27. The fourth-order valence-corrected chi connectivity index (χ4v) is 1.14. The Morgan fingerprint density at radius 1 is 1.50 bits per heavy atom. The Labute approximate surface area is 63.1 Å². The number of hydrogen-bond donors (Lipinski definition) is 0. The molecule has 1 nitrogen and oxygen atoms in total. The molecule has 1 heteroatoms. The van der Waals surface area contributed by atoms with E-state index in [-0.39, 0.29) is 0 Å². The van der Waals surface area contributed by atoms with Gasteiger partial charge in [-0.15, -0.1) is 0 Å². The molecule has 0 radical (unpaired) electrons.